The zero-order valence-electron chi connectivity index (χ0n) is 22.3. The molecule has 29 heavy (non-hydrogen) atoms. The molecule has 0 aromatic rings. The topological polar surface area (TPSA) is 46.3 Å². The Kier molecular flexibility index (Phi) is 9.52. The second kappa shape index (κ2) is 9.71. The van der Waals surface area contributed by atoms with Crippen LogP contribution in [0.5, 0.6) is 0 Å². The summed E-state index contributed by atoms with van der Waals surface area (Å²) < 4.78 is 0. The van der Waals surface area contributed by atoms with Crippen LogP contribution in [0.3, 0.4) is 0 Å². The highest BCUT2D eigenvalue weighted by atomic mass is 16.2. The Morgan fingerprint density at radius 3 is 1.62 bits per heavy atom. The average molecular weight is 411 g/mol. The molecule has 0 aliphatic heterocycles. The molecule has 0 radical (unpaired) electrons. The standard InChI is InChI=1S/C26H54N2O/c1-20(14-15-24(8,9)18-22(2,3)4)16-26(12,13)28(27)21(29)17-25(10,11)19-23(5,6)7/h20H,14-19,27H2,1-13H3. The summed E-state index contributed by atoms with van der Waals surface area (Å²) in [4.78, 5) is 12.9. The first-order valence-corrected chi connectivity index (χ1v) is 11.6. The lowest BCUT2D eigenvalue weighted by molar-refractivity contribution is -0.140. The molecule has 0 rings (SSSR count). The normalized spacial score (nSPS) is 15.4. The van der Waals surface area contributed by atoms with Crippen LogP contribution in [0.15, 0.2) is 0 Å². The smallest absolute Gasteiger partial charge is 0.237 e. The van der Waals surface area contributed by atoms with E-state index in [-0.39, 0.29) is 22.3 Å². The number of amides is 1. The van der Waals surface area contributed by atoms with E-state index >= 15 is 0 Å². The highest BCUT2D eigenvalue weighted by Gasteiger charge is 2.35. The summed E-state index contributed by atoms with van der Waals surface area (Å²) in [6, 6.07) is 0. The molecule has 0 spiro atoms. The third kappa shape index (κ3) is 12.7. The monoisotopic (exact) mass is 410 g/mol. The Balaban J connectivity index is 4.84. The molecule has 3 heteroatoms. The van der Waals surface area contributed by atoms with E-state index < -0.39 is 0 Å². The van der Waals surface area contributed by atoms with Crippen LogP contribution in [-0.2, 0) is 4.79 Å². The van der Waals surface area contributed by atoms with Gasteiger partial charge in [-0.1, -0.05) is 82.6 Å². The van der Waals surface area contributed by atoms with Crippen molar-refractivity contribution in [2.75, 3.05) is 0 Å². The summed E-state index contributed by atoms with van der Waals surface area (Å²) in [5.41, 5.74) is 0.513. The molecule has 0 fully saturated rings. The summed E-state index contributed by atoms with van der Waals surface area (Å²) in [5.74, 6) is 6.96. The third-order valence-electron chi connectivity index (χ3n) is 5.73. The van der Waals surface area contributed by atoms with Gasteiger partial charge in [0.15, 0.2) is 0 Å². The van der Waals surface area contributed by atoms with Crippen LogP contribution in [0, 0.1) is 27.6 Å². The summed E-state index contributed by atoms with van der Waals surface area (Å²) in [5, 5.41) is 1.52. The maximum Gasteiger partial charge on any atom is 0.237 e. The number of carbonyl (C=O) groups is 1. The maximum absolute atomic E-state index is 12.9. The van der Waals surface area contributed by atoms with Gasteiger partial charge in [0, 0.05) is 6.42 Å². The fourth-order valence-corrected chi connectivity index (χ4v) is 5.54. The third-order valence-corrected chi connectivity index (χ3v) is 5.73. The van der Waals surface area contributed by atoms with Gasteiger partial charge in [0.05, 0.1) is 5.54 Å². The number of nitrogens with two attached hydrogens (primary N) is 1. The lowest BCUT2D eigenvalue weighted by Crippen LogP contribution is -2.54. The first-order chi connectivity index (χ1) is 12.6. The molecule has 1 atom stereocenters. The maximum atomic E-state index is 12.9. The van der Waals surface area contributed by atoms with Gasteiger partial charge in [-0.3, -0.25) is 9.80 Å². The van der Waals surface area contributed by atoms with Crippen molar-refractivity contribution >= 4 is 5.91 Å². The molecular weight excluding hydrogens is 356 g/mol. The van der Waals surface area contributed by atoms with E-state index in [9.17, 15) is 4.79 Å². The number of carbonyl (C=O) groups excluding carboxylic acids is 1. The van der Waals surface area contributed by atoms with Crippen molar-refractivity contribution in [1.29, 1.82) is 0 Å². The minimum atomic E-state index is -0.331. The zero-order chi connectivity index (χ0) is 23.5. The Morgan fingerprint density at radius 2 is 1.21 bits per heavy atom. The minimum Gasteiger partial charge on any atom is -0.275 e. The first kappa shape index (κ1) is 28.4. The molecular formula is C26H54N2O. The van der Waals surface area contributed by atoms with E-state index in [0.717, 1.165) is 12.8 Å². The number of rotatable bonds is 10. The number of nitrogens with zero attached hydrogens (tertiary/aromatic N) is 1. The Bertz CT molecular complexity index is 518. The molecule has 0 saturated carbocycles. The van der Waals surface area contributed by atoms with Crippen LogP contribution in [0.2, 0.25) is 0 Å². The lowest BCUT2D eigenvalue weighted by Gasteiger charge is -2.40. The van der Waals surface area contributed by atoms with Crippen molar-refractivity contribution in [1.82, 2.24) is 5.01 Å². The van der Waals surface area contributed by atoms with Crippen molar-refractivity contribution in [2.24, 2.45) is 33.4 Å². The minimum absolute atomic E-state index is 0.0500. The molecule has 0 aromatic heterocycles. The average Bonchev–Trinajstić information content (AvgIpc) is 2.37. The Labute approximate surface area is 183 Å². The van der Waals surface area contributed by atoms with Crippen molar-refractivity contribution in [3.63, 3.8) is 0 Å². The molecule has 0 saturated heterocycles. The molecule has 1 unspecified atom stereocenters. The van der Waals surface area contributed by atoms with E-state index in [1.54, 1.807) is 0 Å². The fourth-order valence-electron chi connectivity index (χ4n) is 5.54. The molecule has 0 aromatic carbocycles. The van der Waals surface area contributed by atoms with Gasteiger partial charge in [-0.2, -0.15) is 0 Å². The van der Waals surface area contributed by atoms with Crippen molar-refractivity contribution in [3.8, 4) is 0 Å². The number of hydrogen-bond donors (Lipinski definition) is 1. The van der Waals surface area contributed by atoms with Gasteiger partial charge >= 0.3 is 0 Å². The van der Waals surface area contributed by atoms with Crippen LogP contribution in [-0.4, -0.2) is 16.5 Å². The predicted molar refractivity (Wildman–Crippen MR) is 128 cm³/mol. The lowest BCUT2D eigenvalue weighted by atomic mass is 9.72. The predicted octanol–water partition coefficient (Wildman–Crippen LogP) is 7.59. The second-order valence-electron chi connectivity index (χ2n) is 14.4. The Hall–Kier alpha value is -0.570. The van der Waals surface area contributed by atoms with Gasteiger partial charge in [0.25, 0.3) is 0 Å². The van der Waals surface area contributed by atoms with Crippen LogP contribution in [0.25, 0.3) is 0 Å². The SMILES string of the molecule is CC(CCC(C)(C)CC(C)(C)C)CC(C)(C)N(N)C(=O)CC(C)(C)CC(C)(C)C. The highest BCUT2D eigenvalue weighted by Crippen LogP contribution is 2.39. The van der Waals surface area contributed by atoms with E-state index in [4.69, 9.17) is 5.84 Å². The fraction of sp³-hybridized carbons (Fsp3) is 0.962. The second-order valence-corrected chi connectivity index (χ2v) is 14.4. The zero-order valence-corrected chi connectivity index (χ0v) is 22.3. The molecule has 1 amide bonds. The van der Waals surface area contributed by atoms with E-state index in [1.807, 2.05) is 0 Å². The summed E-state index contributed by atoms with van der Waals surface area (Å²) >= 11 is 0. The van der Waals surface area contributed by atoms with Crippen LogP contribution in [0.4, 0.5) is 0 Å². The van der Waals surface area contributed by atoms with Gasteiger partial charge in [0.1, 0.15) is 0 Å². The van der Waals surface area contributed by atoms with Gasteiger partial charge < -0.3 is 0 Å². The van der Waals surface area contributed by atoms with Gasteiger partial charge in [0.2, 0.25) is 5.91 Å². The van der Waals surface area contributed by atoms with E-state index in [1.165, 1.54) is 24.3 Å². The number of hydrogen-bond acceptors (Lipinski definition) is 2. The van der Waals surface area contributed by atoms with Crippen LogP contribution >= 0.6 is 0 Å². The van der Waals surface area contributed by atoms with Gasteiger partial charge in [-0.05, 0) is 67.1 Å². The summed E-state index contributed by atoms with van der Waals surface area (Å²) in [6.45, 7) is 29.3. The molecule has 0 heterocycles. The first-order valence-electron chi connectivity index (χ1n) is 11.6. The quantitative estimate of drug-likeness (QED) is 0.229. The highest BCUT2D eigenvalue weighted by molar-refractivity contribution is 5.77. The largest absolute Gasteiger partial charge is 0.275 e. The summed E-state index contributed by atoms with van der Waals surface area (Å²) in [6.07, 6.45) is 6.03. The summed E-state index contributed by atoms with van der Waals surface area (Å²) in [7, 11) is 0. The molecule has 3 nitrogen and oxygen atoms in total. The molecule has 0 aliphatic rings. The van der Waals surface area contributed by atoms with Crippen molar-refractivity contribution in [3.05, 3.63) is 0 Å². The van der Waals surface area contributed by atoms with Crippen LogP contribution < -0.4 is 5.84 Å². The Morgan fingerprint density at radius 1 is 0.793 bits per heavy atom. The van der Waals surface area contributed by atoms with Crippen molar-refractivity contribution in [2.45, 2.75) is 134 Å². The molecule has 174 valence electrons. The van der Waals surface area contributed by atoms with E-state index in [2.05, 4.69) is 90.0 Å². The number of hydrazine groups is 1. The molecule has 0 bridgehead atoms. The van der Waals surface area contributed by atoms with Gasteiger partial charge in [-0.15, -0.1) is 0 Å². The van der Waals surface area contributed by atoms with Gasteiger partial charge in [-0.25, -0.2) is 5.84 Å². The molecule has 0 aliphatic carbocycles. The molecule has 2 N–H and O–H groups in total. The van der Waals surface area contributed by atoms with E-state index in [0.29, 0.717) is 23.2 Å². The van der Waals surface area contributed by atoms with Crippen molar-refractivity contribution < 1.29 is 4.79 Å². The van der Waals surface area contributed by atoms with Crippen LogP contribution in [0.1, 0.15) is 129 Å².